The van der Waals surface area contributed by atoms with Gasteiger partial charge in [0.05, 0.1) is 0 Å². The predicted octanol–water partition coefficient (Wildman–Crippen LogP) is 4.06. The molecule has 1 fully saturated rings. The molecule has 1 amide bonds. The third kappa shape index (κ3) is 3.99. The van der Waals surface area contributed by atoms with Crippen molar-refractivity contribution in [3.05, 3.63) is 40.6 Å². The van der Waals surface area contributed by atoms with Crippen LogP contribution in [-0.4, -0.2) is 17.7 Å². The molecule has 0 radical (unpaired) electrons. The molecule has 128 valence electrons. The Hall–Kier alpha value is -1.81. The minimum absolute atomic E-state index is 0.0546. The number of hydrogen-bond acceptors (Lipinski definition) is 3. The summed E-state index contributed by atoms with van der Waals surface area (Å²) in [6.45, 7) is 1.91. The van der Waals surface area contributed by atoms with E-state index in [1.54, 1.807) is 12.1 Å². The Bertz CT molecular complexity index is 658. The molecule has 0 unspecified atom stereocenters. The van der Waals surface area contributed by atoms with Crippen molar-refractivity contribution in [1.29, 1.82) is 0 Å². The minimum Gasteiger partial charge on any atom is -0.385 e. The van der Waals surface area contributed by atoms with Crippen molar-refractivity contribution in [2.45, 2.75) is 51.5 Å². The van der Waals surface area contributed by atoms with Gasteiger partial charge < -0.3 is 10.6 Å². The van der Waals surface area contributed by atoms with E-state index in [1.165, 1.54) is 0 Å². The summed E-state index contributed by atoms with van der Waals surface area (Å²) < 4.78 is 0. The van der Waals surface area contributed by atoms with Crippen molar-refractivity contribution < 1.29 is 9.59 Å². The van der Waals surface area contributed by atoms with E-state index < -0.39 is 0 Å². The molecule has 4 nitrogen and oxygen atoms in total. The average Bonchev–Trinajstić information content (AvgIpc) is 2.90. The lowest BCUT2D eigenvalue weighted by Gasteiger charge is -2.29. The lowest BCUT2D eigenvalue weighted by molar-refractivity contribution is -0.120. The summed E-state index contributed by atoms with van der Waals surface area (Å²) in [7, 11) is 0. The number of amides is 1. The molecule has 2 aliphatic carbocycles. The number of carbonyl (C=O) groups excluding carboxylic acids is 2. The fraction of sp³-hybridized carbons (Fsp3) is 0.474. The fourth-order valence-electron chi connectivity index (χ4n) is 3.49. The van der Waals surface area contributed by atoms with Crippen LogP contribution in [0.15, 0.2) is 35.5 Å². The maximum absolute atomic E-state index is 12.4. The van der Waals surface area contributed by atoms with Gasteiger partial charge >= 0.3 is 0 Å². The highest BCUT2D eigenvalue weighted by Gasteiger charge is 2.28. The number of benzene rings is 1. The van der Waals surface area contributed by atoms with Crippen LogP contribution in [0, 0.1) is 5.92 Å². The first-order valence-corrected chi connectivity index (χ1v) is 8.96. The number of carbonyl (C=O) groups is 2. The van der Waals surface area contributed by atoms with E-state index in [9.17, 15) is 9.59 Å². The predicted molar refractivity (Wildman–Crippen MR) is 95.9 cm³/mol. The number of Topliss-reactive ketones (excluding diaryl/α,β-unsaturated/α-hetero) is 1. The van der Waals surface area contributed by atoms with Gasteiger partial charge in [-0.05, 0) is 63.3 Å². The van der Waals surface area contributed by atoms with E-state index in [2.05, 4.69) is 10.6 Å². The van der Waals surface area contributed by atoms with Crippen LogP contribution in [0.3, 0.4) is 0 Å². The van der Waals surface area contributed by atoms with Gasteiger partial charge in [-0.2, -0.15) is 0 Å². The summed E-state index contributed by atoms with van der Waals surface area (Å²) in [5.74, 6) is 0.398. The second-order valence-corrected chi connectivity index (χ2v) is 7.15. The summed E-state index contributed by atoms with van der Waals surface area (Å²) in [5.41, 5.74) is 2.78. The number of hydrogen-bond donors (Lipinski definition) is 2. The van der Waals surface area contributed by atoms with Gasteiger partial charge in [-0.25, -0.2) is 0 Å². The molecule has 1 aromatic rings. The van der Waals surface area contributed by atoms with Gasteiger partial charge in [0.25, 0.3) is 0 Å². The van der Waals surface area contributed by atoms with E-state index in [0.717, 1.165) is 49.1 Å². The van der Waals surface area contributed by atoms with Crippen LogP contribution in [-0.2, 0) is 9.59 Å². The smallest absolute Gasteiger partial charge is 0.227 e. The first-order valence-electron chi connectivity index (χ1n) is 8.59. The molecule has 24 heavy (non-hydrogen) atoms. The Balaban J connectivity index is 1.49. The van der Waals surface area contributed by atoms with Gasteiger partial charge in [-0.1, -0.05) is 11.6 Å². The van der Waals surface area contributed by atoms with Crippen molar-refractivity contribution >= 4 is 29.0 Å². The normalized spacial score (nSPS) is 24.2. The lowest BCUT2D eigenvalue weighted by atomic mass is 9.85. The maximum Gasteiger partial charge on any atom is 0.227 e. The molecule has 0 atom stereocenters. The third-order valence-corrected chi connectivity index (χ3v) is 5.31. The van der Waals surface area contributed by atoms with E-state index in [-0.39, 0.29) is 17.6 Å². The maximum atomic E-state index is 12.4. The van der Waals surface area contributed by atoms with Gasteiger partial charge in [-0.15, -0.1) is 0 Å². The number of allylic oxidation sites excluding steroid dienone is 2. The molecule has 0 bridgehead atoms. The number of halogens is 1. The molecule has 2 aliphatic rings. The highest BCUT2D eigenvalue weighted by molar-refractivity contribution is 6.30. The van der Waals surface area contributed by atoms with Crippen LogP contribution in [0.1, 0.15) is 45.4 Å². The Morgan fingerprint density at radius 3 is 2.33 bits per heavy atom. The zero-order valence-electron chi connectivity index (χ0n) is 13.9. The van der Waals surface area contributed by atoms with Gasteiger partial charge in [0.2, 0.25) is 5.91 Å². The van der Waals surface area contributed by atoms with E-state index in [0.29, 0.717) is 17.5 Å². The molecule has 0 saturated heterocycles. The number of rotatable bonds is 4. The standard InChI is InChI=1S/C19H23ClN2O2/c1-12-17(10-11-18(12)23)21-15-6-2-13(3-7-15)19(24)22-16-8-4-14(20)5-9-16/h4-5,8-9,13,15,21H,2-3,6-7,10-11H2,1H3,(H,22,24)/t13-,15-. The second kappa shape index (κ2) is 7.39. The number of nitrogens with one attached hydrogen (secondary N) is 2. The fourth-order valence-corrected chi connectivity index (χ4v) is 3.61. The van der Waals surface area contributed by atoms with E-state index in [1.807, 2.05) is 19.1 Å². The molecule has 0 aliphatic heterocycles. The Morgan fingerprint density at radius 1 is 1.08 bits per heavy atom. The molecular formula is C19H23ClN2O2. The molecule has 0 aromatic heterocycles. The number of ketones is 1. The summed E-state index contributed by atoms with van der Waals surface area (Å²) in [4.78, 5) is 24.0. The SMILES string of the molecule is CC1=C(N[C@H]2CC[C@H](C(=O)Nc3ccc(Cl)cc3)CC2)CCC1=O. The highest BCUT2D eigenvalue weighted by atomic mass is 35.5. The van der Waals surface area contributed by atoms with Gasteiger partial charge in [-0.3, -0.25) is 9.59 Å². The van der Waals surface area contributed by atoms with Crippen molar-refractivity contribution in [3.8, 4) is 0 Å². The first-order chi connectivity index (χ1) is 11.5. The minimum atomic E-state index is 0.0546. The Labute approximate surface area is 147 Å². The summed E-state index contributed by atoms with van der Waals surface area (Å²) in [5, 5.41) is 7.16. The Kier molecular flexibility index (Phi) is 5.24. The molecule has 1 saturated carbocycles. The average molecular weight is 347 g/mol. The molecule has 3 rings (SSSR count). The largest absolute Gasteiger partial charge is 0.385 e. The molecule has 0 heterocycles. The molecule has 2 N–H and O–H groups in total. The quantitative estimate of drug-likeness (QED) is 0.864. The highest BCUT2D eigenvalue weighted by Crippen LogP contribution is 2.28. The molecular weight excluding hydrogens is 324 g/mol. The molecule has 5 heteroatoms. The summed E-state index contributed by atoms with van der Waals surface area (Å²) in [6, 6.07) is 7.56. The van der Waals surface area contributed by atoms with Crippen LogP contribution >= 0.6 is 11.6 Å². The van der Waals surface area contributed by atoms with Crippen LogP contribution < -0.4 is 10.6 Å². The third-order valence-electron chi connectivity index (χ3n) is 5.06. The molecule has 1 aromatic carbocycles. The van der Waals surface area contributed by atoms with Crippen molar-refractivity contribution in [1.82, 2.24) is 5.32 Å². The van der Waals surface area contributed by atoms with Gasteiger partial charge in [0.1, 0.15) is 0 Å². The first kappa shape index (κ1) is 17.0. The van der Waals surface area contributed by atoms with Crippen molar-refractivity contribution in [3.63, 3.8) is 0 Å². The number of anilines is 1. The van der Waals surface area contributed by atoms with E-state index in [4.69, 9.17) is 11.6 Å². The Morgan fingerprint density at radius 2 is 1.75 bits per heavy atom. The summed E-state index contributed by atoms with van der Waals surface area (Å²) >= 11 is 5.86. The van der Waals surface area contributed by atoms with Crippen LogP contribution in [0.25, 0.3) is 0 Å². The zero-order chi connectivity index (χ0) is 17.1. The summed E-state index contributed by atoms with van der Waals surface area (Å²) in [6.07, 6.45) is 5.14. The second-order valence-electron chi connectivity index (χ2n) is 6.72. The van der Waals surface area contributed by atoms with Crippen molar-refractivity contribution in [2.75, 3.05) is 5.32 Å². The van der Waals surface area contributed by atoms with Gasteiger partial charge in [0, 0.05) is 40.4 Å². The van der Waals surface area contributed by atoms with Crippen LogP contribution in [0.2, 0.25) is 5.02 Å². The van der Waals surface area contributed by atoms with Gasteiger partial charge in [0.15, 0.2) is 5.78 Å². The van der Waals surface area contributed by atoms with Crippen molar-refractivity contribution in [2.24, 2.45) is 5.92 Å². The van der Waals surface area contributed by atoms with E-state index >= 15 is 0 Å². The topological polar surface area (TPSA) is 58.2 Å². The van der Waals surface area contributed by atoms with Crippen LogP contribution in [0.4, 0.5) is 5.69 Å². The van der Waals surface area contributed by atoms with Crippen LogP contribution in [0.5, 0.6) is 0 Å². The monoisotopic (exact) mass is 346 g/mol. The lowest BCUT2D eigenvalue weighted by Crippen LogP contribution is -2.36. The zero-order valence-corrected chi connectivity index (χ0v) is 14.7. The molecule has 0 spiro atoms.